The standard InChI is InChI=1S/C17H21F2N5O/c1-20-17(21-8-12-7-14(18)3-4-15(12)19)24-5-6-25-16(11-24)13-9-22-23(2)10-13/h3-4,7,9-10,16H,5-6,8,11H2,1-2H3,(H,20,21). The minimum absolute atomic E-state index is 0.105. The van der Waals surface area contributed by atoms with E-state index in [4.69, 9.17) is 4.74 Å². The Morgan fingerprint density at radius 1 is 1.44 bits per heavy atom. The lowest BCUT2D eigenvalue weighted by Gasteiger charge is -2.34. The SMILES string of the molecule is CN=C(NCc1cc(F)ccc1F)N1CCOC(c2cnn(C)c2)C1. The second-order valence-electron chi connectivity index (χ2n) is 5.89. The number of nitrogens with one attached hydrogen (secondary N) is 1. The summed E-state index contributed by atoms with van der Waals surface area (Å²) in [5.74, 6) is -0.281. The first-order valence-corrected chi connectivity index (χ1v) is 8.06. The molecule has 1 saturated heterocycles. The molecule has 1 atom stereocenters. The van der Waals surface area contributed by atoms with Gasteiger partial charge in [-0.25, -0.2) is 8.78 Å². The fourth-order valence-electron chi connectivity index (χ4n) is 2.84. The van der Waals surface area contributed by atoms with Crippen LogP contribution in [0.2, 0.25) is 0 Å². The average molecular weight is 349 g/mol. The first-order chi connectivity index (χ1) is 12.1. The van der Waals surface area contributed by atoms with E-state index in [1.165, 1.54) is 6.07 Å². The zero-order valence-corrected chi connectivity index (χ0v) is 14.2. The molecule has 6 nitrogen and oxygen atoms in total. The molecular weight excluding hydrogens is 328 g/mol. The van der Waals surface area contributed by atoms with Crippen molar-refractivity contribution >= 4 is 5.96 Å². The predicted octanol–water partition coefficient (Wildman–Crippen LogP) is 1.85. The van der Waals surface area contributed by atoms with Crippen molar-refractivity contribution in [2.24, 2.45) is 12.0 Å². The quantitative estimate of drug-likeness (QED) is 0.679. The van der Waals surface area contributed by atoms with Crippen molar-refractivity contribution in [2.75, 3.05) is 26.7 Å². The molecule has 1 aromatic heterocycles. The third kappa shape index (κ3) is 4.14. The van der Waals surface area contributed by atoms with E-state index in [0.29, 0.717) is 25.7 Å². The van der Waals surface area contributed by atoms with Gasteiger partial charge in [-0.15, -0.1) is 0 Å². The highest BCUT2D eigenvalue weighted by Gasteiger charge is 2.25. The number of halogens is 2. The minimum Gasteiger partial charge on any atom is -0.370 e. The summed E-state index contributed by atoms with van der Waals surface area (Å²) in [5, 5.41) is 7.26. The number of aryl methyl sites for hydroxylation is 1. The number of ether oxygens (including phenoxy) is 1. The molecule has 0 saturated carbocycles. The number of benzene rings is 1. The van der Waals surface area contributed by atoms with Gasteiger partial charge in [0, 0.05) is 44.5 Å². The Hall–Kier alpha value is -2.48. The molecule has 1 aliphatic heterocycles. The molecule has 134 valence electrons. The van der Waals surface area contributed by atoms with Crippen LogP contribution in [0.3, 0.4) is 0 Å². The minimum atomic E-state index is -0.462. The number of morpholine rings is 1. The summed E-state index contributed by atoms with van der Waals surface area (Å²) >= 11 is 0. The molecule has 3 rings (SSSR count). The van der Waals surface area contributed by atoms with Crippen LogP contribution in [-0.4, -0.2) is 47.4 Å². The third-order valence-electron chi connectivity index (χ3n) is 4.12. The normalized spacial score (nSPS) is 18.5. The summed E-state index contributed by atoms with van der Waals surface area (Å²) in [6.45, 7) is 1.98. The topological polar surface area (TPSA) is 54.7 Å². The lowest BCUT2D eigenvalue weighted by molar-refractivity contribution is -0.00805. The van der Waals surface area contributed by atoms with Gasteiger partial charge in [0.05, 0.1) is 19.3 Å². The summed E-state index contributed by atoms with van der Waals surface area (Å²) < 4.78 is 34.6. The molecule has 0 aliphatic carbocycles. The second kappa shape index (κ2) is 7.60. The molecule has 1 N–H and O–H groups in total. The molecule has 0 spiro atoms. The molecule has 0 amide bonds. The fraction of sp³-hybridized carbons (Fsp3) is 0.412. The van der Waals surface area contributed by atoms with Crippen LogP contribution in [-0.2, 0) is 18.3 Å². The van der Waals surface area contributed by atoms with Crippen molar-refractivity contribution in [2.45, 2.75) is 12.6 Å². The molecule has 1 aromatic carbocycles. The predicted molar refractivity (Wildman–Crippen MR) is 90.0 cm³/mol. The van der Waals surface area contributed by atoms with Crippen LogP contribution >= 0.6 is 0 Å². The molecule has 2 aromatic rings. The van der Waals surface area contributed by atoms with Gasteiger partial charge in [0.25, 0.3) is 0 Å². The van der Waals surface area contributed by atoms with Gasteiger partial charge in [-0.2, -0.15) is 5.10 Å². The number of nitrogens with zero attached hydrogens (tertiary/aromatic N) is 4. The van der Waals surface area contributed by atoms with E-state index in [-0.39, 0.29) is 18.2 Å². The van der Waals surface area contributed by atoms with Crippen LogP contribution in [0.15, 0.2) is 35.6 Å². The summed E-state index contributed by atoms with van der Waals surface area (Å²) in [6, 6.07) is 3.42. The highest BCUT2D eigenvalue weighted by Crippen LogP contribution is 2.21. The largest absolute Gasteiger partial charge is 0.370 e. The first-order valence-electron chi connectivity index (χ1n) is 8.06. The van der Waals surface area contributed by atoms with Crippen LogP contribution in [0.1, 0.15) is 17.2 Å². The van der Waals surface area contributed by atoms with E-state index in [2.05, 4.69) is 15.4 Å². The zero-order valence-electron chi connectivity index (χ0n) is 14.2. The van der Waals surface area contributed by atoms with E-state index >= 15 is 0 Å². The van der Waals surface area contributed by atoms with Gasteiger partial charge >= 0.3 is 0 Å². The van der Waals surface area contributed by atoms with Crippen molar-refractivity contribution in [1.82, 2.24) is 20.0 Å². The summed E-state index contributed by atoms with van der Waals surface area (Å²) in [6.07, 6.45) is 3.60. The van der Waals surface area contributed by atoms with E-state index < -0.39 is 11.6 Å². The highest BCUT2D eigenvalue weighted by molar-refractivity contribution is 5.80. The molecule has 8 heteroatoms. The van der Waals surface area contributed by atoms with Crippen molar-refractivity contribution in [3.8, 4) is 0 Å². The van der Waals surface area contributed by atoms with Gasteiger partial charge in [-0.1, -0.05) is 0 Å². The lowest BCUT2D eigenvalue weighted by atomic mass is 10.1. The average Bonchev–Trinajstić information content (AvgIpc) is 3.05. The highest BCUT2D eigenvalue weighted by atomic mass is 19.1. The van der Waals surface area contributed by atoms with Crippen LogP contribution in [0.5, 0.6) is 0 Å². The third-order valence-corrected chi connectivity index (χ3v) is 4.12. The van der Waals surface area contributed by atoms with Gasteiger partial charge in [-0.05, 0) is 18.2 Å². The van der Waals surface area contributed by atoms with Crippen LogP contribution in [0, 0.1) is 11.6 Å². The number of hydrogen-bond donors (Lipinski definition) is 1. The van der Waals surface area contributed by atoms with Crippen LogP contribution in [0.25, 0.3) is 0 Å². The molecule has 2 heterocycles. The summed E-state index contributed by atoms with van der Waals surface area (Å²) in [7, 11) is 3.52. The molecule has 1 unspecified atom stereocenters. The number of aromatic nitrogens is 2. The second-order valence-corrected chi connectivity index (χ2v) is 5.89. The lowest BCUT2D eigenvalue weighted by Crippen LogP contribution is -2.48. The van der Waals surface area contributed by atoms with Crippen molar-refractivity contribution in [3.05, 3.63) is 53.4 Å². The van der Waals surface area contributed by atoms with Gasteiger partial charge in [0.1, 0.15) is 17.7 Å². The van der Waals surface area contributed by atoms with E-state index in [0.717, 1.165) is 17.7 Å². The summed E-state index contributed by atoms with van der Waals surface area (Å²) in [4.78, 5) is 6.29. The van der Waals surface area contributed by atoms with Crippen molar-refractivity contribution in [3.63, 3.8) is 0 Å². The molecule has 0 bridgehead atoms. The molecule has 1 aliphatic rings. The fourth-order valence-corrected chi connectivity index (χ4v) is 2.84. The Morgan fingerprint density at radius 2 is 2.28 bits per heavy atom. The molecule has 0 radical (unpaired) electrons. The van der Waals surface area contributed by atoms with Crippen molar-refractivity contribution < 1.29 is 13.5 Å². The van der Waals surface area contributed by atoms with Gasteiger partial charge < -0.3 is 15.0 Å². The van der Waals surface area contributed by atoms with Gasteiger partial charge in [0.15, 0.2) is 5.96 Å². The number of rotatable bonds is 3. The van der Waals surface area contributed by atoms with Gasteiger partial charge in [-0.3, -0.25) is 9.67 Å². The maximum atomic E-state index is 13.8. The smallest absolute Gasteiger partial charge is 0.194 e. The van der Waals surface area contributed by atoms with E-state index in [1.807, 2.05) is 18.1 Å². The Kier molecular flexibility index (Phi) is 5.28. The Bertz CT molecular complexity index is 761. The number of guanidine groups is 1. The van der Waals surface area contributed by atoms with Gasteiger partial charge in [0.2, 0.25) is 0 Å². The zero-order chi connectivity index (χ0) is 17.8. The molecular formula is C17H21F2N5O. The van der Waals surface area contributed by atoms with E-state index in [9.17, 15) is 8.78 Å². The summed E-state index contributed by atoms with van der Waals surface area (Å²) in [5.41, 5.74) is 1.26. The van der Waals surface area contributed by atoms with Crippen LogP contribution < -0.4 is 5.32 Å². The maximum absolute atomic E-state index is 13.8. The molecule has 1 fully saturated rings. The maximum Gasteiger partial charge on any atom is 0.194 e. The number of hydrogen-bond acceptors (Lipinski definition) is 3. The number of aliphatic imine (C=N–C) groups is 1. The Labute approximate surface area is 145 Å². The molecule has 25 heavy (non-hydrogen) atoms. The van der Waals surface area contributed by atoms with E-state index in [1.54, 1.807) is 17.9 Å². The Balaban J connectivity index is 1.65. The Morgan fingerprint density at radius 3 is 3.00 bits per heavy atom. The van der Waals surface area contributed by atoms with Crippen LogP contribution in [0.4, 0.5) is 8.78 Å². The first kappa shape index (κ1) is 17.3. The monoisotopic (exact) mass is 349 g/mol. The van der Waals surface area contributed by atoms with Crippen molar-refractivity contribution in [1.29, 1.82) is 0 Å².